The number of aromatic nitrogens is 2. The molecule has 1 aromatic heterocycles. The first-order valence-corrected chi connectivity index (χ1v) is 8.17. The van der Waals surface area contributed by atoms with Crippen molar-refractivity contribution in [3.05, 3.63) is 71.5 Å². The van der Waals surface area contributed by atoms with E-state index in [1.807, 2.05) is 37.3 Å². The van der Waals surface area contributed by atoms with Crippen LogP contribution in [0.25, 0.3) is 0 Å². The van der Waals surface area contributed by atoms with E-state index in [2.05, 4.69) is 27.5 Å². The minimum absolute atomic E-state index is 0.281. The molecule has 0 saturated carbocycles. The molecule has 26 heavy (non-hydrogen) atoms. The zero-order chi connectivity index (χ0) is 18.5. The van der Waals surface area contributed by atoms with Crippen LogP contribution in [0.2, 0.25) is 0 Å². The van der Waals surface area contributed by atoms with Crippen LogP contribution in [0.1, 0.15) is 21.5 Å². The van der Waals surface area contributed by atoms with Gasteiger partial charge < -0.3 is 15.4 Å². The van der Waals surface area contributed by atoms with Crippen LogP contribution in [0.5, 0.6) is 5.75 Å². The smallest absolute Gasteiger partial charge is 0.258 e. The fraction of sp³-hybridized carbons (Fsp3) is 0.150. The number of amides is 1. The zero-order valence-corrected chi connectivity index (χ0v) is 14.9. The average molecular weight is 348 g/mol. The topological polar surface area (TPSA) is 76.1 Å². The Labute approximate surface area is 152 Å². The van der Waals surface area contributed by atoms with Gasteiger partial charge in [-0.2, -0.15) is 0 Å². The van der Waals surface area contributed by atoms with Crippen LogP contribution in [0.3, 0.4) is 0 Å². The molecule has 3 rings (SSSR count). The molecule has 1 amide bonds. The second kappa shape index (κ2) is 7.65. The predicted molar refractivity (Wildman–Crippen MR) is 102 cm³/mol. The van der Waals surface area contributed by atoms with Gasteiger partial charge in [-0.05, 0) is 49.2 Å². The summed E-state index contributed by atoms with van der Waals surface area (Å²) >= 11 is 0. The third kappa shape index (κ3) is 4.16. The number of nitrogens with zero attached hydrogens (tertiary/aromatic N) is 2. The van der Waals surface area contributed by atoms with Crippen molar-refractivity contribution in [3.63, 3.8) is 0 Å². The van der Waals surface area contributed by atoms with E-state index in [9.17, 15) is 4.79 Å². The van der Waals surface area contributed by atoms with Crippen LogP contribution in [0.4, 0.5) is 17.3 Å². The molecule has 0 spiro atoms. The molecule has 0 fully saturated rings. The van der Waals surface area contributed by atoms with Gasteiger partial charge in [0.15, 0.2) is 0 Å². The molecule has 6 nitrogen and oxygen atoms in total. The Morgan fingerprint density at radius 1 is 0.962 bits per heavy atom. The van der Waals surface area contributed by atoms with E-state index < -0.39 is 0 Å². The molecular formula is C20H20N4O2. The van der Waals surface area contributed by atoms with E-state index in [-0.39, 0.29) is 5.91 Å². The Morgan fingerprint density at radius 3 is 2.42 bits per heavy atom. The number of nitrogens with one attached hydrogen (secondary N) is 2. The summed E-state index contributed by atoms with van der Waals surface area (Å²) in [6, 6.07) is 13.2. The first-order valence-electron chi connectivity index (χ1n) is 8.17. The number of hydrogen-bond acceptors (Lipinski definition) is 5. The highest BCUT2D eigenvalue weighted by Gasteiger charge is 2.08. The minimum Gasteiger partial charge on any atom is -0.497 e. The van der Waals surface area contributed by atoms with Crippen LogP contribution < -0.4 is 15.4 Å². The van der Waals surface area contributed by atoms with E-state index in [4.69, 9.17) is 4.74 Å². The van der Waals surface area contributed by atoms with Crippen molar-refractivity contribution in [1.82, 2.24) is 9.97 Å². The largest absolute Gasteiger partial charge is 0.497 e. The number of rotatable bonds is 5. The number of carbonyl (C=O) groups excluding carboxylic acids is 1. The fourth-order valence-electron chi connectivity index (χ4n) is 2.36. The Bertz CT molecular complexity index is 923. The summed E-state index contributed by atoms with van der Waals surface area (Å²) in [4.78, 5) is 20.7. The maximum absolute atomic E-state index is 12.3. The van der Waals surface area contributed by atoms with Crippen LogP contribution >= 0.6 is 0 Å². The Kier molecular flexibility index (Phi) is 5.12. The van der Waals surface area contributed by atoms with E-state index in [1.54, 1.807) is 19.2 Å². The number of carbonyl (C=O) groups is 1. The van der Waals surface area contributed by atoms with Gasteiger partial charge in [0.1, 0.15) is 5.75 Å². The fourth-order valence-corrected chi connectivity index (χ4v) is 2.36. The Hall–Kier alpha value is -3.41. The molecule has 6 heteroatoms. The number of anilines is 3. The highest BCUT2D eigenvalue weighted by atomic mass is 16.5. The van der Waals surface area contributed by atoms with E-state index in [0.717, 1.165) is 5.69 Å². The third-order valence-corrected chi connectivity index (χ3v) is 4.00. The van der Waals surface area contributed by atoms with Crippen molar-refractivity contribution >= 4 is 23.2 Å². The van der Waals surface area contributed by atoms with E-state index in [0.29, 0.717) is 22.9 Å². The van der Waals surface area contributed by atoms with Gasteiger partial charge in [0, 0.05) is 29.8 Å². The van der Waals surface area contributed by atoms with Crippen molar-refractivity contribution in [2.75, 3.05) is 17.7 Å². The lowest BCUT2D eigenvalue weighted by Gasteiger charge is -2.09. The molecule has 2 N–H and O–H groups in total. The molecule has 0 unspecified atom stereocenters. The van der Waals surface area contributed by atoms with Crippen molar-refractivity contribution in [2.24, 2.45) is 0 Å². The second-order valence-electron chi connectivity index (χ2n) is 5.91. The SMILES string of the molecule is COc1cccc(NC(=O)c2cnc(Nc3ccc(C)c(C)c3)nc2)c1. The summed E-state index contributed by atoms with van der Waals surface area (Å²) in [6.45, 7) is 4.11. The molecule has 0 radical (unpaired) electrons. The van der Waals surface area contributed by atoms with Gasteiger partial charge in [-0.25, -0.2) is 9.97 Å². The highest BCUT2D eigenvalue weighted by molar-refractivity contribution is 6.04. The summed E-state index contributed by atoms with van der Waals surface area (Å²) in [6.07, 6.45) is 2.98. The van der Waals surface area contributed by atoms with Crippen LogP contribution in [-0.2, 0) is 0 Å². The van der Waals surface area contributed by atoms with Gasteiger partial charge >= 0.3 is 0 Å². The normalized spacial score (nSPS) is 10.3. The molecule has 0 saturated heterocycles. The number of benzene rings is 2. The monoisotopic (exact) mass is 348 g/mol. The lowest BCUT2D eigenvalue weighted by Crippen LogP contribution is -2.13. The molecule has 0 aliphatic heterocycles. The maximum atomic E-state index is 12.3. The summed E-state index contributed by atoms with van der Waals surface area (Å²) in [5.74, 6) is 0.828. The summed E-state index contributed by atoms with van der Waals surface area (Å²) < 4.78 is 5.15. The van der Waals surface area contributed by atoms with Crippen LogP contribution in [0, 0.1) is 13.8 Å². The van der Waals surface area contributed by atoms with Crippen LogP contribution in [-0.4, -0.2) is 23.0 Å². The lowest BCUT2D eigenvalue weighted by molar-refractivity contribution is 0.102. The summed E-state index contributed by atoms with van der Waals surface area (Å²) in [7, 11) is 1.58. The summed E-state index contributed by atoms with van der Waals surface area (Å²) in [5.41, 5.74) is 4.33. The minimum atomic E-state index is -0.281. The zero-order valence-electron chi connectivity index (χ0n) is 14.9. The molecule has 0 atom stereocenters. The molecule has 0 aliphatic carbocycles. The van der Waals surface area contributed by atoms with Gasteiger partial charge in [0.2, 0.25) is 5.95 Å². The third-order valence-electron chi connectivity index (χ3n) is 4.00. The van der Waals surface area contributed by atoms with E-state index >= 15 is 0 Å². The number of ether oxygens (including phenoxy) is 1. The van der Waals surface area contributed by atoms with Gasteiger partial charge in [0.25, 0.3) is 5.91 Å². The molecular weight excluding hydrogens is 328 g/mol. The van der Waals surface area contributed by atoms with Crippen molar-refractivity contribution in [2.45, 2.75) is 13.8 Å². The van der Waals surface area contributed by atoms with Crippen molar-refractivity contribution in [1.29, 1.82) is 0 Å². The maximum Gasteiger partial charge on any atom is 0.258 e. The van der Waals surface area contributed by atoms with Gasteiger partial charge in [-0.15, -0.1) is 0 Å². The highest BCUT2D eigenvalue weighted by Crippen LogP contribution is 2.19. The van der Waals surface area contributed by atoms with E-state index in [1.165, 1.54) is 23.5 Å². The number of methoxy groups -OCH3 is 1. The van der Waals surface area contributed by atoms with Crippen molar-refractivity contribution < 1.29 is 9.53 Å². The predicted octanol–water partition coefficient (Wildman–Crippen LogP) is 4.10. The summed E-state index contributed by atoms with van der Waals surface area (Å²) in [5, 5.41) is 5.93. The lowest BCUT2D eigenvalue weighted by atomic mass is 10.1. The van der Waals surface area contributed by atoms with Gasteiger partial charge in [-0.1, -0.05) is 12.1 Å². The Balaban J connectivity index is 1.68. The van der Waals surface area contributed by atoms with Crippen LogP contribution in [0.15, 0.2) is 54.9 Å². The number of aryl methyl sites for hydroxylation is 2. The number of hydrogen-bond donors (Lipinski definition) is 2. The first-order chi connectivity index (χ1) is 12.5. The molecule has 1 heterocycles. The second-order valence-corrected chi connectivity index (χ2v) is 5.91. The quantitative estimate of drug-likeness (QED) is 0.726. The molecule has 132 valence electrons. The van der Waals surface area contributed by atoms with Gasteiger partial charge in [-0.3, -0.25) is 4.79 Å². The first kappa shape index (κ1) is 17.4. The Morgan fingerprint density at radius 2 is 1.73 bits per heavy atom. The molecule has 2 aromatic carbocycles. The molecule has 0 bridgehead atoms. The molecule has 3 aromatic rings. The standard InChI is InChI=1S/C20H20N4O2/c1-13-7-8-17(9-14(13)2)24-20-21-11-15(12-22-20)19(25)23-16-5-4-6-18(10-16)26-3/h4-12H,1-3H3,(H,23,25)(H,21,22,24). The molecule has 0 aliphatic rings. The van der Waals surface area contributed by atoms with Crippen molar-refractivity contribution in [3.8, 4) is 5.75 Å². The van der Waals surface area contributed by atoms with Gasteiger partial charge in [0.05, 0.1) is 12.7 Å². The average Bonchev–Trinajstić information content (AvgIpc) is 2.65.